The van der Waals surface area contributed by atoms with Crippen molar-refractivity contribution in [2.24, 2.45) is 0 Å². The minimum absolute atomic E-state index is 0.497. The fraction of sp³-hybridized carbons (Fsp3) is 0.134. The van der Waals surface area contributed by atoms with Gasteiger partial charge in [0.25, 0.3) is 0 Å². The molecule has 12 rings (SSSR count). The Bertz CT molecular complexity index is 3470. The van der Waals surface area contributed by atoms with Gasteiger partial charge in [-0.2, -0.15) is 0 Å². The number of fused-ring (bicyclic) bond motifs is 7. The number of hydrogen-bond acceptors (Lipinski definition) is 2. The monoisotopic (exact) mass is 890 g/mol. The molecule has 69 heavy (non-hydrogen) atoms. The van der Waals surface area contributed by atoms with Gasteiger partial charge in [0.2, 0.25) is 0 Å². The van der Waals surface area contributed by atoms with Crippen molar-refractivity contribution in [1.82, 2.24) is 0 Å². The zero-order valence-electron chi connectivity index (χ0n) is 40.2. The fourth-order valence-electron chi connectivity index (χ4n) is 11.3. The lowest BCUT2D eigenvalue weighted by Gasteiger charge is -2.36. The molecule has 10 aromatic rings. The third-order valence-electron chi connectivity index (χ3n) is 14.5. The van der Waals surface area contributed by atoms with Crippen LogP contribution in [0.1, 0.15) is 77.3 Å². The lowest BCUT2D eigenvalue weighted by Crippen LogP contribution is -2.29. The van der Waals surface area contributed by atoms with E-state index in [-0.39, 0.29) is 0 Å². The van der Waals surface area contributed by atoms with Crippen molar-refractivity contribution < 1.29 is 0 Å². The van der Waals surface area contributed by atoms with Crippen LogP contribution in [0, 0.1) is 6.92 Å². The van der Waals surface area contributed by atoms with Gasteiger partial charge in [-0.3, -0.25) is 0 Å². The second-order valence-electron chi connectivity index (χ2n) is 18.3. The summed E-state index contributed by atoms with van der Waals surface area (Å²) < 4.78 is 0. The Morgan fingerprint density at radius 2 is 1.10 bits per heavy atom. The molecule has 2 aliphatic rings. The van der Waals surface area contributed by atoms with E-state index in [9.17, 15) is 0 Å². The Hall–Kier alpha value is -7.94. The zero-order valence-corrected chi connectivity index (χ0v) is 40.2. The summed E-state index contributed by atoms with van der Waals surface area (Å²) in [7, 11) is 0. The lowest BCUT2D eigenvalue weighted by molar-refractivity contribution is 0.756. The number of aryl methyl sites for hydroxylation is 3. The van der Waals surface area contributed by atoms with E-state index in [0.29, 0.717) is 0 Å². The van der Waals surface area contributed by atoms with Gasteiger partial charge in [0.05, 0.1) is 5.41 Å². The topological polar surface area (TPSA) is 6.48 Å². The van der Waals surface area contributed by atoms with Gasteiger partial charge in [0, 0.05) is 35.0 Å². The molecule has 1 heterocycles. The first-order chi connectivity index (χ1) is 34.1. The summed E-state index contributed by atoms with van der Waals surface area (Å²) in [6, 6.07) is 81.5. The predicted octanol–water partition coefficient (Wildman–Crippen LogP) is 18.0. The Labute approximate surface area is 408 Å². The number of nitrogens with zero attached hydrogens (tertiary/aromatic N) is 2. The van der Waals surface area contributed by atoms with E-state index in [1.807, 2.05) is 13.8 Å². The second-order valence-corrected chi connectivity index (χ2v) is 18.3. The van der Waals surface area contributed by atoms with E-state index in [1.54, 1.807) is 0 Å². The number of hydrogen-bond donors (Lipinski definition) is 0. The van der Waals surface area contributed by atoms with Crippen LogP contribution in [0.5, 0.6) is 0 Å². The highest BCUT2D eigenvalue weighted by Crippen LogP contribution is 2.57. The van der Waals surface area contributed by atoms with Crippen molar-refractivity contribution in [3.63, 3.8) is 0 Å². The van der Waals surface area contributed by atoms with Crippen LogP contribution < -0.4 is 9.80 Å². The molecule has 0 saturated carbocycles. The van der Waals surface area contributed by atoms with E-state index < -0.39 is 5.41 Å². The Morgan fingerprint density at radius 1 is 0.522 bits per heavy atom. The predicted molar refractivity (Wildman–Crippen MR) is 296 cm³/mol. The molecular weight excluding hydrogens is 833 g/mol. The van der Waals surface area contributed by atoms with Gasteiger partial charge in [0.15, 0.2) is 0 Å². The summed E-state index contributed by atoms with van der Waals surface area (Å²) in [4.78, 5) is 4.97. The van der Waals surface area contributed by atoms with Crippen LogP contribution in [0.15, 0.2) is 218 Å². The van der Waals surface area contributed by atoms with Crippen molar-refractivity contribution in [1.29, 1.82) is 0 Å². The average Bonchev–Trinajstić information content (AvgIpc) is 3.71. The molecule has 2 nitrogen and oxygen atoms in total. The maximum Gasteiger partial charge on any atom is 0.0714 e. The third kappa shape index (κ3) is 7.61. The first kappa shape index (κ1) is 43.6. The van der Waals surface area contributed by atoms with Crippen LogP contribution in [0.25, 0.3) is 44.8 Å². The third-order valence-corrected chi connectivity index (χ3v) is 14.5. The van der Waals surface area contributed by atoms with Gasteiger partial charge in [-0.05, 0) is 164 Å². The van der Waals surface area contributed by atoms with Crippen molar-refractivity contribution >= 4 is 62.1 Å². The van der Waals surface area contributed by atoms with E-state index >= 15 is 0 Å². The van der Waals surface area contributed by atoms with Gasteiger partial charge in [-0.1, -0.05) is 197 Å². The van der Waals surface area contributed by atoms with Gasteiger partial charge >= 0.3 is 0 Å². The summed E-state index contributed by atoms with van der Waals surface area (Å²) in [6.07, 6.45) is 7.80. The quantitative estimate of drug-likeness (QED) is 0.105. The Balaban J connectivity index is 0.00000257. The number of benzene rings is 10. The molecule has 336 valence electrons. The standard InChI is InChI=1S/C65H52N2.C2H6/c1-3-48-18-11-15-27-64(48)67(62-25-13-10-17-45(62)2)55-35-38-57-51(43-55)33-32-50-41-46(30-36-56(50)57)28-29-47-31-37-58-59-39-34-54(66-40-16-20-49-19-12-14-26-63(49)66)44-61(59)65(60(58)42-47,52-21-6-4-7-22-52)53-23-8-5-9-24-53;1-2/h4-15,17-19,21-39,41-44H,3,16,20,40H2,1-2H3;1-2H3/b29-28+;. The van der Waals surface area contributed by atoms with Crippen molar-refractivity contribution in [2.45, 2.75) is 52.4 Å². The first-order valence-corrected chi connectivity index (χ1v) is 24.9. The van der Waals surface area contributed by atoms with Crippen LogP contribution in [-0.2, 0) is 18.3 Å². The molecule has 0 saturated heterocycles. The molecule has 0 unspecified atom stereocenters. The van der Waals surface area contributed by atoms with Crippen LogP contribution in [0.3, 0.4) is 0 Å². The van der Waals surface area contributed by atoms with E-state index in [2.05, 4.69) is 254 Å². The Morgan fingerprint density at radius 3 is 1.83 bits per heavy atom. The van der Waals surface area contributed by atoms with Gasteiger partial charge in [-0.15, -0.1) is 0 Å². The molecular formula is C67H58N2. The SMILES string of the molecule is CC.CCc1ccccc1N(c1ccc2c(ccc3cc(/C=C/c4ccc5c(c4)C(c4ccccc4)(c4ccccc4)c4cc(N6CCCc7ccccc76)ccc4-5)ccc32)c1)c1ccccc1C. The minimum atomic E-state index is -0.497. The van der Waals surface area contributed by atoms with Crippen LogP contribution in [0.4, 0.5) is 28.4 Å². The molecule has 2 heteroatoms. The molecule has 0 bridgehead atoms. The highest BCUT2D eigenvalue weighted by molar-refractivity contribution is 6.09. The van der Waals surface area contributed by atoms with E-state index in [1.165, 1.54) is 105 Å². The molecule has 10 aromatic carbocycles. The molecule has 0 atom stereocenters. The summed E-state index contributed by atoms with van der Waals surface area (Å²) in [5.41, 5.74) is 19.8. The molecule has 0 N–H and O–H groups in total. The maximum atomic E-state index is 2.54. The molecule has 1 aliphatic heterocycles. The van der Waals surface area contributed by atoms with Crippen molar-refractivity contribution in [3.05, 3.63) is 268 Å². The molecule has 1 aliphatic carbocycles. The molecule has 0 aromatic heterocycles. The molecule has 0 spiro atoms. The minimum Gasteiger partial charge on any atom is -0.341 e. The van der Waals surface area contributed by atoms with E-state index in [4.69, 9.17) is 0 Å². The summed E-state index contributed by atoms with van der Waals surface area (Å²) in [6.45, 7) is 9.45. The second kappa shape index (κ2) is 18.6. The highest BCUT2D eigenvalue weighted by Gasteiger charge is 2.46. The summed E-state index contributed by atoms with van der Waals surface area (Å²) in [5, 5.41) is 4.98. The molecule has 0 amide bonds. The lowest BCUT2D eigenvalue weighted by atomic mass is 9.67. The smallest absolute Gasteiger partial charge is 0.0714 e. The summed E-state index contributed by atoms with van der Waals surface area (Å²) >= 11 is 0. The van der Waals surface area contributed by atoms with Gasteiger partial charge in [-0.25, -0.2) is 0 Å². The number of rotatable bonds is 9. The van der Waals surface area contributed by atoms with Crippen molar-refractivity contribution in [3.8, 4) is 11.1 Å². The van der Waals surface area contributed by atoms with Crippen LogP contribution >= 0.6 is 0 Å². The van der Waals surface area contributed by atoms with E-state index in [0.717, 1.165) is 31.5 Å². The van der Waals surface area contributed by atoms with Gasteiger partial charge in [0.1, 0.15) is 0 Å². The van der Waals surface area contributed by atoms with Crippen LogP contribution in [-0.4, -0.2) is 6.54 Å². The Kier molecular flexibility index (Phi) is 11.8. The average molecular weight is 891 g/mol. The molecule has 0 fully saturated rings. The number of para-hydroxylation sites is 3. The largest absolute Gasteiger partial charge is 0.341 e. The van der Waals surface area contributed by atoms with Crippen molar-refractivity contribution in [2.75, 3.05) is 16.3 Å². The number of anilines is 5. The zero-order chi connectivity index (χ0) is 46.9. The maximum absolute atomic E-state index is 2.54. The summed E-state index contributed by atoms with van der Waals surface area (Å²) in [5.74, 6) is 0. The normalized spacial score (nSPS) is 13.4. The van der Waals surface area contributed by atoms with Gasteiger partial charge < -0.3 is 9.80 Å². The molecule has 0 radical (unpaired) electrons. The first-order valence-electron chi connectivity index (χ1n) is 24.9. The highest BCUT2D eigenvalue weighted by atomic mass is 15.1. The van der Waals surface area contributed by atoms with Crippen LogP contribution in [0.2, 0.25) is 0 Å². The fourth-order valence-corrected chi connectivity index (χ4v) is 11.3.